The minimum Gasteiger partial charge on any atom is -0.465 e. The predicted molar refractivity (Wildman–Crippen MR) is 76.9 cm³/mol. The summed E-state index contributed by atoms with van der Waals surface area (Å²) in [5.74, 6) is 0. The maximum atomic E-state index is 12.1. The lowest BCUT2D eigenvalue weighted by Crippen LogP contribution is -2.15. The lowest BCUT2D eigenvalue weighted by Gasteiger charge is -2.06. The van der Waals surface area contributed by atoms with Crippen molar-refractivity contribution in [2.45, 2.75) is 26.2 Å². The number of aryl methyl sites for hydroxylation is 1. The maximum absolute atomic E-state index is 12.1. The molecule has 0 atom stereocenters. The van der Waals surface area contributed by atoms with Gasteiger partial charge in [-0.3, -0.25) is 9.78 Å². The number of rotatable bonds is 7. The van der Waals surface area contributed by atoms with E-state index < -0.39 is 5.63 Å². The molecule has 0 radical (unpaired) electrons. The first-order valence-corrected chi connectivity index (χ1v) is 6.84. The molecule has 0 aromatic carbocycles. The molecule has 0 aliphatic carbocycles. The molecule has 114 valence electrons. The van der Waals surface area contributed by atoms with Crippen molar-refractivity contribution in [3.63, 3.8) is 0 Å². The van der Waals surface area contributed by atoms with Gasteiger partial charge in [-0.15, -0.1) is 0 Å². The second-order valence-electron chi connectivity index (χ2n) is 4.54. The van der Waals surface area contributed by atoms with Crippen molar-refractivity contribution in [1.29, 1.82) is 0 Å². The van der Waals surface area contributed by atoms with E-state index in [0.29, 0.717) is 30.6 Å². The van der Waals surface area contributed by atoms with Crippen molar-refractivity contribution in [2.75, 3.05) is 20.3 Å². The summed E-state index contributed by atoms with van der Waals surface area (Å²) >= 11 is 0. The molecule has 0 bridgehead atoms. The minimum atomic E-state index is -0.525. The molecule has 2 aromatic heterocycles. The first-order chi connectivity index (χ1) is 10.2. The van der Waals surface area contributed by atoms with E-state index in [-0.39, 0.29) is 17.3 Å². The summed E-state index contributed by atoms with van der Waals surface area (Å²) in [5, 5.41) is 0.295. The highest BCUT2D eigenvalue weighted by atomic mass is 16.5. The van der Waals surface area contributed by atoms with Gasteiger partial charge < -0.3 is 13.9 Å². The van der Waals surface area contributed by atoms with Crippen LogP contribution in [0, 0.1) is 0 Å². The molecule has 21 heavy (non-hydrogen) atoms. The van der Waals surface area contributed by atoms with Gasteiger partial charge >= 0.3 is 5.63 Å². The van der Waals surface area contributed by atoms with Gasteiger partial charge in [0, 0.05) is 19.8 Å². The third-order valence-corrected chi connectivity index (χ3v) is 3.04. The molecule has 1 N–H and O–H groups in total. The summed E-state index contributed by atoms with van der Waals surface area (Å²) in [7, 11) is 1.64. The smallest absolute Gasteiger partial charge is 0.337 e. The molecule has 0 aliphatic heterocycles. The number of methoxy groups -OCH3 is 1. The van der Waals surface area contributed by atoms with E-state index >= 15 is 0 Å². The van der Waals surface area contributed by atoms with Crippen LogP contribution in [0.2, 0.25) is 0 Å². The number of H-pyrrole nitrogens is 1. The topological polar surface area (TPSA) is 94.4 Å². The zero-order chi connectivity index (χ0) is 15.2. The maximum Gasteiger partial charge on any atom is 0.337 e. The minimum absolute atomic E-state index is 0.00925. The van der Waals surface area contributed by atoms with E-state index in [1.807, 2.05) is 6.92 Å². The van der Waals surface area contributed by atoms with Crippen molar-refractivity contribution in [1.82, 2.24) is 9.97 Å². The van der Waals surface area contributed by atoms with Crippen LogP contribution in [0.3, 0.4) is 0 Å². The van der Waals surface area contributed by atoms with Crippen molar-refractivity contribution >= 4 is 11.1 Å². The highest BCUT2D eigenvalue weighted by Crippen LogP contribution is 2.13. The van der Waals surface area contributed by atoms with Gasteiger partial charge in [0.15, 0.2) is 0 Å². The molecule has 0 aliphatic rings. The third kappa shape index (κ3) is 3.69. The fourth-order valence-electron chi connectivity index (χ4n) is 1.99. The summed E-state index contributed by atoms with van der Waals surface area (Å²) in [6.07, 6.45) is 2.17. The van der Waals surface area contributed by atoms with Crippen molar-refractivity contribution in [3.05, 3.63) is 32.4 Å². The summed E-state index contributed by atoms with van der Waals surface area (Å²) in [4.78, 5) is 30.1. The molecular weight excluding hydrogens is 276 g/mol. The summed E-state index contributed by atoms with van der Waals surface area (Å²) in [6.45, 7) is 2.91. The van der Waals surface area contributed by atoms with E-state index in [1.165, 1.54) is 6.07 Å². The van der Waals surface area contributed by atoms with Gasteiger partial charge in [-0.25, -0.2) is 4.79 Å². The molecule has 0 saturated carbocycles. The summed E-state index contributed by atoms with van der Waals surface area (Å²) in [6, 6.07) is 1.37. The molecule has 0 saturated heterocycles. The largest absolute Gasteiger partial charge is 0.465 e. The van der Waals surface area contributed by atoms with Gasteiger partial charge in [-0.2, -0.15) is 4.98 Å². The normalized spacial score (nSPS) is 11.0. The van der Waals surface area contributed by atoms with Gasteiger partial charge in [-0.05, 0) is 24.8 Å². The number of hydrogen-bond donors (Lipinski definition) is 1. The highest BCUT2D eigenvalue weighted by molar-refractivity contribution is 5.75. The molecule has 2 heterocycles. The van der Waals surface area contributed by atoms with Gasteiger partial charge in [0.25, 0.3) is 11.6 Å². The molecule has 2 aromatic rings. The summed E-state index contributed by atoms with van der Waals surface area (Å²) < 4.78 is 15.3. The molecule has 0 amide bonds. The van der Waals surface area contributed by atoms with Crippen LogP contribution in [0.25, 0.3) is 11.1 Å². The SMILES string of the molecule is CCc1cc(=O)oc2nc(OCCCCOC)[nH]c(=O)c12. The Bertz CT molecular complexity index is 719. The Morgan fingerprint density at radius 2 is 2.05 bits per heavy atom. The zero-order valence-corrected chi connectivity index (χ0v) is 12.1. The molecular formula is C14H18N2O5. The predicted octanol–water partition coefficient (Wildman–Crippen LogP) is 1.24. The number of aromatic nitrogens is 2. The number of nitrogens with zero attached hydrogens (tertiary/aromatic N) is 1. The summed E-state index contributed by atoms with van der Waals surface area (Å²) in [5.41, 5.74) is -0.271. The highest BCUT2D eigenvalue weighted by Gasteiger charge is 2.12. The van der Waals surface area contributed by atoms with Gasteiger partial charge in [0.1, 0.15) is 5.39 Å². The monoisotopic (exact) mass is 294 g/mol. The molecule has 7 nitrogen and oxygen atoms in total. The molecule has 0 unspecified atom stereocenters. The van der Waals surface area contributed by atoms with E-state index in [9.17, 15) is 9.59 Å². The quantitative estimate of drug-likeness (QED) is 0.772. The Labute approximate surface area is 120 Å². The molecule has 7 heteroatoms. The zero-order valence-electron chi connectivity index (χ0n) is 12.1. The molecule has 2 rings (SSSR count). The third-order valence-electron chi connectivity index (χ3n) is 3.04. The van der Waals surface area contributed by atoms with E-state index in [1.54, 1.807) is 7.11 Å². The number of fused-ring (bicyclic) bond motifs is 1. The van der Waals surface area contributed by atoms with Crippen molar-refractivity contribution < 1.29 is 13.9 Å². The first-order valence-electron chi connectivity index (χ1n) is 6.84. The fourth-order valence-corrected chi connectivity index (χ4v) is 1.99. The molecule has 0 fully saturated rings. The van der Waals surface area contributed by atoms with Crippen LogP contribution in [-0.2, 0) is 11.2 Å². The Hall–Kier alpha value is -2.15. The molecule has 0 spiro atoms. The Balaban J connectivity index is 2.24. The van der Waals surface area contributed by atoms with Crippen LogP contribution in [-0.4, -0.2) is 30.3 Å². The van der Waals surface area contributed by atoms with Crippen LogP contribution >= 0.6 is 0 Å². The lowest BCUT2D eigenvalue weighted by atomic mass is 10.1. The van der Waals surface area contributed by atoms with Crippen LogP contribution in [0.4, 0.5) is 0 Å². The van der Waals surface area contributed by atoms with Gasteiger partial charge in [0.05, 0.1) is 6.61 Å². The van der Waals surface area contributed by atoms with Gasteiger partial charge in [0.2, 0.25) is 5.71 Å². The number of aromatic amines is 1. The van der Waals surface area contributed by atoms with Crippen LogP contribution in [0.1, 0.15) is 25.3 Å². The second kappa shape index (κ2) is 7.03. The average Bonchev–Trinajstić information content (AvgIpc) is 2.45. The fraction of sp³-hybridized carbons (Fsp3) is 0.500. The number of nitrogens with one attached hydrogen (secondary N) is 1. The standard InChI is InChI=1S/C14H18N2O5/c1-3-9-8-10(17)21-13-11(9)12(18)15-14(16-13)20-7-5-4-6-19-2/h8H,3-7H2,1-2H3,(H,15,16,18). The van der Waals surface area contributed by atoms with Crippen molar-refractivity contribution in [3.8, 4) is 6.01 Å². The van der Waals surface area contributed by atoms with E-state index in [2.05, 4.69) is 9.97 Å². The average molecular weight is 294 g/mol. The number of ether oxygens (including phenoxy) is 2. The van der Waals surface area contributed by atoms with Crippen LogP contribution in [0.5, 0.6) is 6.01 Å². The number of unbranched alkanes of at least 4 members (excludes halogenated alkanes) is 1. The Kier molecular flexibility index (Phi) is 5.10. The van der Waals surface area contributed by atoms with Crippen molar-refractivity contribution in [2.24, 2.45) is 0 Å². The number of hydrogen-bond acceptors (Lipinski definition) is 6. The van der Waals surface area contributed by atoms with Gasteiger partial charge in [-0.1, -0.05) is 6.92 Å². The Morgan fingerprint density at radius 3 is 2.76 bits per heavy atom. The first kappa shape index (κ1) is 15.2. The second-order valence-corrected chi connectivity index (χ2v) is 4.54. The Morgan fingerprint density at radius 1 is 1.29 bits per heavy atom. The van der Waals surface area contributed by atoms with E-state index in [0.717, 1.165) is 12.8 Å². The van der Waals surface area contributed by atoms with Crippen LogP contribution < -0.4 is 15.9 Å². The van der Waals surface area contributed by atoms with Crippen LogP contribution in [0.15, 0.2) is 20.1 Å². The lowest BCUT2D eigenvalue weighted by molar-refractivity contribution is 0.182. The van der Waals surface area contributed by atoms with E-state index in [4.69, 9.17) is 13.9 Å².